The molecule has 2 aliphatic heterocycles. The van der Waals surface area contributed by atoms with Gasteiger partial charge in [0.1, 0.15) is 6.61 Å². The lowest BCUT2D eigenvalue weighted by Gasteiger charge is -2.30. The lowest BCUT2D eigenvalue weighted by molar-refractivity contribution is 0.181. The van der Waals surface area contributed by atoms with Crippen molar-refractivity contribution in [1.82, 2.24) is 4.90 Å². The zero-order chi connectivity index (χ0) is 14.7. The Hall–Kier alpha value is -1.75. The molecule has 0 spiro atoms. The van der Waals surface area contributed by atoms with Crippen LogP contribution in [0.2, 0.25) is 0 Å². The minimum atomic E-state index is -0.249. The van der Waals surface area contributed by atoms with E-state index in [0.29, 0.717) is 19.1 Å². The van der Waals surface area contributed by atoms with Crippen molar-refractivity contribution in [3.63, 3.8) is 0 Å². The molecule has 1 amide bonds. The number of nitrogens with one attached hydrogen (secondary N) is 1. The summed E-state index contributed by atoms with van der Waals surface area (Å²) in [4.78, 5) is 15.7. The van der Waals surface area contributed by atoms with Gasteiger partial charge in [-0.1, -0.05) is 6.07 Å². The quantitative estimate of drug-likeness (QED) is 0.924. The molecular formula is C16H23N3O2. The summed E-state index contributed by atoms with van der Waals surface area (Å²) in [6.45, 7) is 4.47. The first-order valence-corrected chi connectivity index (χ1v) is 7.69. The third-order valence-corrected chi connectivity index (χ3v) is 4.24. The summed E-state index contributed by atoms with van der Waals surface area (Å²) >= 11 is 0. The molecule has 0 aliphatic carbocycles. The number of rotatable bonds is 4. The lowest BCUT2D eigenvalue weighted by atomic mass is 9.98. The molecule has 1 aromatic carbocycles. The summed E-state index contributed by atoms with van der Waals surface area (Å²) in [5.74, 6) is 0.698. The number of carbonyl (C=O) groups is 1. The molecule has 5 heteroatoms. The highest BCUT2D eigenvalue weighted by Gasteiger charge is 2.23. The molecule has 2 fully saturated rings. The molecule has 0 saturated carbocycles. The van der Waals surface area contributed by atoms with Gasteiger partial charge in [0.2, 0.25) is 0 Å². The number of likely N-dealkylation sites (tertiary alicyclic amines) is 1. The van der Waals surface area contributed by atoms with Crippen LogP contribution in [0.4, 0.5) is 16.2 Å². The summed E-state index contributed by atoms with van der Waals surface area (Å²) < 4.78 is 4.99. The fourth-order valence-corrected chi connectivity index (χ4v) is 3.11. The summed E-state index contributed by atoms with van der Waals surface area (Å²) in [5.41, 5.74) is 1.98. The van der Waals surface area contributed by atoms with Crippen LogP contribution in [-0.2, 0) is 4.74 Å². The molecule has 5 nitrogen and oxygen atoms in total. The van der Waals surface area contributed by atoms with Crippen LogP contribution in [0.15, 0.2) is 24.3 Å². The number of carbonyl (C=O) groups excluding carboxylic acids is 1. The third-order valence-electron chi connectivity index (χ3n) is 4.24. The van der Waals surface area contributed by atoms with Crippen LogP contribution in [0.5, 0.6) is 0 Å². The van der Waals surface area contributed by atoms with E-state index < -0.39 is 0 Å². The number of cyclic esters (lactones) is 1. The average molecular weight is 289 g/mol. The summed E-state index contributed by atoms with van der Waals surface area (Å²) in [6.07, 6.45) is 2.32. The van der Waals surface area contributed by atoms with E-state index in [9.17, 15) is 4.79 Å². The van der Waals surface area contributed by atoms with E-state index in [2.05, 4.69) is 23.3 Å². The van der Waals surface area contributed by atoms with Crippen LogP contribution >= 0.6 is 0 Å². The number of benzene rings is 1. The standard InChI is InChI=1S/C16H23N3O2/c1-18-7-3-4-13(12-18)11-17-14-5-2-6-15(10-14)19-8-9-21-16(19)20/h2,5-6,10,13,17H,3-4,7-9,11-12H2,1H3. The first-order chi connectivity index (χ1) is 10.2. The van der Waals surface area contributed by atoms with Gasteiger partial charge in [-0.05, 0) is 50.6 Å². The Morgan fingerprint density at radius 1 is 1.38 bits per heavy atom. The monoisotopic (exact) mass is 289 g/mol. The highest BCUT2D eigenvalue weighted by atomic mass is 16.6. The van der Waals surface area contributed by atoms with Crippen LogP contribution in [-0.4, -0.2) is 50.8 Å². The summed E-state index contributed by atoms with van der Waals surface area (Å²) in [5, 5.41) is 3.51. The van der Waals surface area contributed by atoms with Crippen LogP contribution in [0.25, 0.3) is 0 Å². The molecular weight excluding hydrogens is 266 g/mol. The third kappa shape index (κ3) is 3.47. The van der Waals surface area contributed by atoms with Gasteiger partial charge < -0.3 is 15.0 Å². The second kappa shape index (κ2) is 6.35. The van der Waals surface area contributed by atoms with Crippen molar-refractivity contribution < 1.29 is 9.53 Å². The molecule has 1 unspecified atom stereocenters. The number of hydrogen-bond donors (Lipinski definition) is 1. The van der Waals surface area contributed by atoms with Gasteiger partial charge in [0.25, 0.3) is 0 Å². The maximum Gasteiger partial charge on any atom is 0.414 e. The molecule has 1 aromatic rings. The molecule has 2 heterocycles. The van der Waals surface area contributed by atoms with Crippen LogP contribution in [0, 0.1) is 5.92 Å². The second-order valence-electron chi connectivity index (χ2n) is 5.97. The van der Waals surface area contributed by atoms with E-state index in [1.54, 1.807) is 4.90 Å². The molecule has 21 heavy (non-hydrogen) atoms. The predicted molar refractivity (Wildman–Crippen MR) is 83.8 cm³/mol. The predicted octanol–water partition coefficient (Wildman–Crippen LogP) is 2.40. The van der Waals surface area contributed by atoms with Crippen molar-refractivity contribution in [3.05, 3.63) is 24.3 Å². The number of anilines is 2. The molecule has 114 valence electrons. The molecule has 1 atom stereocenters. The Morgan fingerprint density at radius 2 is 2.29 bits per heavy atom. The van der Waals surface area contributed by atoms with Crippen LogP contribution in [0.3, 0.4) is 0 Å². The Balaban J connectivity index is 1.59. The van der Waals surface area contributed by atoms with Gasteiger partial charge in [-0.25, -0.2) is 4.79 Å². The minimum absolute atomic E-state index is 0.249. The first-order valence-electron chi connectivity index (χ1n) is 7.69. The minimum Gasteiger partial charge on any atom is -0.447 e. The normalized spacial score (nSPS) is 23.2. The van der Waals surface area contributed by atoms with E-state index in [1.807, 2.05) is 18.2 Å². The largest absolute Gasteiger partial charge is 0.447 e. The van der Waals surface area contributed by atoms with Crippen molar-refractivity contribution in [3.8, 4) is 0 Å². The van der Waals surface area contributed by atoms with Crippen molar-refractivity contribution in [2.75, 3.05) is 50.1 Å². The van der Waals surface area contributed by atoms with Crippen molar-refractivity contribution in [2.45, 2.75) is 12.8 Å². The fourth-order valence-electron chi connectivity index (χ4n) is 3.11. The topological polar surface area (TPSA) is 44.8 Å². The van der Waals surface area contributed by atoms with Gasteiger partial charge >= 0.3 is 6.09 Å². The van der Waals surface area contributed by atoms with Crippen molar-refractivity contribution in [1.29, 1.82) is 0 Å². The van der Waals surface area contributed by atoms with Gasteiger partial charge in [-0.15, -0.1) is 0 Å². The van der Waals surface area contributed by atoms with Crippen molar-refractivity contribution in [2.24, 2.45) is 5.92 Å². The maximum absolute atomic E-state index is 11.6. The van der Waals surface area contributed by atoms with Gasteiger partial charge in [-0.3, -0.25) is 4.90 Å². The van der Waals surface area contributed by atoms with Crippen molar-refractivity contribution >= 4 is 17.5 Å². The Bertz CT molecular complexity index is 506. The number of hydrogen-bond acceptors (Lipinski definition) is 4. The number of nitrogens with zero attached hydrogens (tertiary/aromatic N) is 2. The molecule has 0 aromatic heterocycles. The Morgan fingerprint density at radius 3 is 3.05 bits per heavy atom. The van der Waals surface area contributed by atoms with Crippen LogP contribution < -0.4 is 10.2 Å². The molecule has 1 N–H and O–H groups in total. The van der Waals surface area contributed by atoms with Gasteiger partial charge in [0, 0.05) is 24.5 Å². The molecule has 3 rings (SSSR count). The zero-order valence-electron chi connectivity index (χ0n) is 12.5. The zero-order valence-corrected chi connectivity index (χ0v) is 12.5. The summed E-state index contributed by atoms with van der Waals surface area (Å²) in [6, 6.07) is 8.01. The number of amides is 1. The Kier molecular flexibility index (Phi) is 4.29. The average Bonchev–Trinajstić information content (AvgIpc) is 2.92. The number of ether oxygens (including phenoxy) is 1. The number of piperidine rings is 1. The van der Waals surface area contributed by atoms with Gasteiger partial charge in [0.05, 0.1) is 6.54 Å². The molecule has 2 aliphatic rings. The molecule has 0 bridgehead atoms. The first kappa shape index (κ1) is 14.2. The van der Waals surface area contributed by atoms with E-state index in [1.165, 1.54) is 19.4 Å². The SMILES string of the molecule is CN1CCCC(CNc2cccc(N3CCOC3=O)c2)C1. The molecule has 0 radical (unpaired) electrons. The fraction of sp³-hybridized carbons (Fsp3) is 0.562. The van der Waals surface area contributed by atoms with E-state index in [-0.39, 0.29) is 6.09 Å². The lowest BCUT2D eigenvalue weighted by Crippen LogP contribution is -2.35. The second-order valence-corrected chi connectivity index (χ2v) is 5.97. The summed E-state index contributed by atoms with van der Waals surface area (Å²) in [7, 11) is 2.19. The molecule has 2 saturated heterocycles. The van der Waals surface area contributed by atoms with Gasteiger partial charge in [0.15, 0.2) is 0 Å². The van der Waals surface area contributed by atoms with Gasteiger partial charge in [-0.2, -0.15) is 0 Å². The van der Waals surface area contributed by atoms with Crippen LogP contribution in [0.1, 0.15) is 12.8 Å². The maximum atomic E-state index is 11.6. The Labute approximate surface area is 125 Å². The van der Waals surface area contributed by atoms with E-state index >= 15 is 0 Å². The smallest absolute Gasteiger partial charge is 0.414 e. The van der Waals surface area contributed by atoms with E-state index in [0.717, 1.165) is 24.5 Å². The van der Waals surface area contributed by atoms with E-state index in [4.69, 9.17) is 4.74 Å². The highest BCUT2D eigenvalue weighted by Crippen LogP contribution is 2.23. The highest BCUT2D eigenvalue weighted by molar-refractivity contribution is 5.89.